The molecule has 9 nitrogen and oxygen atoms in total. The zero-order valence-electron chi connectivity index (χ0n) is 24.0. The Morgan fingerprint density at radius 1 is 1.09 bits per heavy atom. The molecule has 5 rings (SSSR count). The van der Waals surface area contributed by atoms with Gasteiger partial charge in [0.15, 0.2) is 4.80 Å². The number of esters is 2. The van der Waals surface area contributed by atoms with E-state index >= 15 is 0 Å². The van der Waals surface area contributed by atoms with Gasteiger partial charge in [-0.15, -0.1) is 0 Å². The van der Waals surface area contributed by atoms with Crippen molar-refractivity contribution in [3.8, 4) is 17.1 Å². The standard InChI is InChI=1S/C32H29BrN2O7S/c1-5-8-23-27(31(38)41-6-2)28(19-11-13-25(39-3)22(33)16-19)35-29(36)26(43-32(35)34-23)17-21-12-14-24(42-21)18-9-7-10-20(15-18)30(37)40-4/h7,9-17,28H,5-6,8H2,1-4H3/b26-17-. The smallest absolute Gasteiger partial charge is 0.338 e. The van der Waals surface area contributed by atoms with E-state index in [-0.39, 0.29) is 12.2 Å². The maximum absolute atomic E-state index is 14.0. The van der Waals surface area contributed by atoms with Crippen molar-refractivity contribution in [2.75, 3.05) is 20.8 Å². The predicted octanol–water partition coefficient (Wildman–Crippen LogP) is 5.40. The maximum atomic E-state index is 14.0. The van der Waals surface area contributed by atoms with E-state index in [9.17, 15) is 14.4 Å². The minimum Gasteiger partial charge on any atom is -0.496 e. The Kier molecular flexibility index (Phi) is 9.12. The summed E-state index contributed by atoms with van der Waals surface area (Å²) < 4.78 is 24.4. The van der Waals surface area contributed by atoms with E-state index in [2.05, 4.69) is 15.9 Å². The summed E-state index contributed by atoms with van der Waals surface area (Å²) in [5, 5.41) is 0. The van der Waals surface area contributed by atoms with Crippen LogP contribution < -0.4 is 19.6 Å². The lowest BCUT2D eigenvalue weighted by atomic mass is 9.94. The molecule has 11 heteroatoms. The summed E-state index contributed by atoms with van der Waals surface area (Å²) in [6, 6.07) is 15.1. The summed E-state index contributed by atoms with van der Waals surface area (Å²) in [6.45, 7) is 3.94. The number of thiazole rings is 1. The molecule has 0 spiro atoms. The lowest BCUT2D eigenvalue weighted by molar-refractivity contribution is -0.139. The van der Waals surface area contributed by atoms with Crippen molar-refractivity contribution in [2.24, 2.45) is 4.99 Å². The van der Waals surface area contributed by atoms with Crippen LogP contribution in [0.25, 0.3) is 17.4 Å². The number of hydrogen-bond acceptors (Lipinski definition) is 9. The molecule has 3 heterocycles. The van der Waals surface area contributed by atoms with Gasteiger partial charge >= 0.3 is 11.9 Å². The fourth-order valence-electron chi connectivity index (χ4n) is 4.92. The molecule has 0 N–H and O–H groups in total. The van der Waals surface area contributed by atoms with Crippen LogP contribution in [0.2, 0.25) is 0 Å². The molecule has 222 valence electrons. The highest BCUT2D eigenvalue weighted by atomic mass is 79.9. The number of ether oxygens (including phenoxy) is 3. The molecular weight excluding hydrogens is 636 g/mol. The highest BCUT2D eigenvalue weighted by molar-refractivity contribution is 9.10. The van der Waals surface area contributed by atoms with E-state index in [1.165, 1.54) is 18.4 Å². The number of halogens is 1. The average Bonchev–Trinajstić information content (AvgIpc) is 3.60. The molecule has 0 aliphatic carbocycles. The molecule has 2 aromatic carbocycles. The van der Waals surface area contributed by atoms with Gasteiger partial charge < -0.3 is 18.6 Å². The van der Waals surface area contributed by atoms with Gasteiger partial charge in [-0.05, 0) is 71.2 Å². The van der Waals surface area contributed by atoms with Gasteiger partial charge in [0.05, 0.1) is 52.7 Å². The molecule has 0 bridgehead atoms. The lowest BCUT2D eigenvalue weighted by Gasteiger charge is -2.26. The van der Waals surface area contributed by atoms with Crippen molar-refractivity contribution in [1.82, 2.24) is 4.57 Å². The fraction of sp³-hybridized carbons (Fsp3) is 0.250. The summed E-state index contributed by atoms with van der Waals surface area (Å²) >= 11 is 4.77. The Hall–Kier alpha value is -4.22. The third kappa shape index (κ3) is 6.00. The molecule has 4 aromatic rings. The molecule has 1 aliphatic heterocycles. The van der Waals surface area contributed by atoms with Gasteiger partial charge in [0.1, 0.15) is 17.3 Å². The van der Waals surface area contributed by atoms with Crippen LogP contribution in [0.5, 0.6) is 5.75 Å². The number of carbonyl (C=O) groups excluding carboxylic acids is 2. The van der Waals surface area contributed by atoms with E-state index < -0.39 is 18.0 Å². The van der Waals surface area contributed by atoms with Gasteiger partial charge in [-0.3, -0.25) is 9.36 Å². The van der Waals surface area contributed by atoms with Crippen LogP contribution in [0.4, 0.5) is 0 Å². The fourth-order valence-corrected chi connectivity index (χ4v) is 6.48. The maximum Gasteiger partial charge on any atom is 0.338 e. The highest BCUT2D eigenvalue weighted by Crippen LogP contribution is 2.36. The zero-order valence-corrected chi connectivity index (χ0v) is 26.4. The van der Waals surface area contributed by atoms with Crippen molar-refractivity contribution >= 4 is 45.3 Å². The molecule has 1 unspecified atom stereocenters. The first-order valence-electron chi connectivity index (χ1n) is 13.6. The number of furan rings is 1. The topological polar surface area (TPSA) is 109 Å². The molecule has 2 aromatic heterocycles. The van der Waals surface area contributed by atoms with Gasteiger partial charge in [0, 0.05) is 11.6 Å². The van der Waals surface area contributed by atoms with E-state index in [4.69, 9.17) is 23.6 Å². The monoisotopic (exact) mass is 664 g/mol. The second-order valence-electron chi connectivity index (χ2n) is 9.58. The Balaban J connectivity index is 1.65. The van der Waals surface area contributed by atoms with Crippen LogP contribution in [-0.2, 0) is 14.3 Å². The molecular formula is C32H29BrN2O7S. The Morgan fingerprint density at radius 2 is 1.91 bits per heavy atom. The van der Waals surface area contributed by atoms with E-state index in [1.54, 1.807) is 61.1 Å². The third-order valence-electron chi connectivity index (χ3n) is 6.85. The van der Waals surface area contributed by atoms with Gasteiger partial charge in [-0.1, -0.05) is 42.9 Å². The minimum atomic E-state index is -0.755. The van der Waals surface area contributed by atoms with E-state index in [1.807, 2.05) is 25.1 Å². The Labute approximate surface area is 259 Å². The van der Waals surface area contributed by atoms with Crippen molar-refractivity contribution < 1.29 is 28.2 Å². The number of nitrogens with zero attached hydrogens (tertiary/aromatic N) is 2. The van der Waals surface area contributed by atoms with Gasteiger partial charge in [0.2, 0.25) is 0 Å². The first-order chi connectivity index (χ1) is 20.8. The quantitative estimate of drug-likeness (QED) is 0.221. The number of allylic oxidation sites excluding steroid dienone is 1. The summed E-state index contributed by atoms with van der Waals surface area (Å²) in [5.74, 6) is 0.646. The van der Waals surface area contributed by atoms with Crippen molar-refractivity contribution in [2.45, 2.75) is 32.7 Å². The number of carbonyl (C=O) groups is 2. The molecule has 1 atom stereocenters. The first kappa shape index (κ1) is 30.2. The van der Waals surface area contributed by atoms with Gasteiger partial charge in [-0.2, -0.15) is 0 Å². The molecule has 0 saturated heterocycles. The molecule has 1 aliphatic rings. The van der Waals surface area contributed by atoms with E-state index in [0.29, 0.717) is 65.5 Å². The average molecular weight is 666 g/mol. The summed E-state index contributed by atoms with van der Waals surface area (Å²) in [6.07, 6.45) is 2.95. The second-order valence-corrected chi connectivity index (χ2v) is 11.4. The van der Waals surface area contributed by atoms with Crippen LogP contribution >= 0.6 is 27.3 Å². The Morgan fingerprint density at radius 3 is 2.60 bits per heavy atom. The Bertz CT molecular complexity index is 1920. The number of benzene rings is 2. The molecule has 0 fully saturated rings. The lowest BCUT2D eigenvalue weighted by Crippen LogP contribution is -2.40. The zero-order chi connectivity index (χ0) is 30.7. The number of fused-ring (bicyclic) bond motifs is 1. The highest BCUT2D eigenvalue weighted by Gasteiger charge is 2.34. The van der Waals surface area contributed by atoms with Crippen molar-refractivity contribution in [1.29, 1.82) is 0 Å². The second kappa shape index (κ2) is 13.0. The number of aromatic nitrogens is 1. The predicted molar refractivity (Wildman–Crippen MR) is 166 cm³/mol. The minimum absolute atomic E-state index is 0.189. The number of hydrogen-bond donors (Lipinski definition) is 0. The normalized spacial score (nSPS) is 14.7. The van der Waals surface area contributed by atoms with Crippen LogP contribution in [0.1, 0.15) is 54.4 Å². The van der Waals surface area contributed by atoms with E-state index in [0.717, 1.165) is 6.42 Å². The van der Waals surface area contributed by atoms with Gasteiger partial charge in [-0.25, -0.2) is 14.6 Å². The third-order valence-corrected chi connectivity index (χ3v) is 8.45. The number of methoxy groups -OCH3 is 2. The van der Waals surface area contributed by atoms with Gasteiger partial charge in [0.25, 0.3) is 5.56 Å². The van der Waals surface area contributed by atoms with Crippen LogP contribution in [0, 0.1) is 0 Å². The summed E-state index contributed by atoms with van der Waals surface area (Å²) in [5.41, 5.74) is 2.41. The molecule has 43 heavy (non-hydrogen) atoms. The molecule has 0 radical (unpaired) electrons. The van der Waals surface area contributed by atoms with Crippen LogP contribution in [0.15, 0.2) is 84.5 Å². The van der Waals surface area contributed by atoms with Crippen LogP contribution in [0.3, 0.4) is 0 Å². The number of rotatable bonds is 9. The first-order valence-corrected chi connectivity index (χ1v) is 15.2. The van der Waals surface area contributed by atoms with Crippen molar-refractivity contribution in [3.63, 3.8) is 0 Å². The molecule has 0 amide bonds. The van der Waals surface area contributed by atoms with Crippen molar-refractivity contribution in [3.05, 3.63) is 107 Å². The summed E-state index contributed by atoms with van der Waals surface area (Å²) in [7, 11) is 2.90. The molecule has 0 saturated carbocycles. The van der Waals surface area contributed by atoms with Crippen LogP contribution in [-0.4, -0.2) is 37.3 Å². The largest absolute Gasteiger partial charge is 0.496 e. The SMILES string of the molecule is CCCC1=C(C(=O)OCC)C(c2ccc(OC)c(Br)c2)n2c(s/c(=C\c3ccc(-c4cccc(C(=O)OC)c4)o3)c2=O)=N1. The summed E-state index contributed by atoms with van der Waals surface area (Å²) in [4.78, 5) is 44.6.